The van der Waals surface area contributed by atoms with Gasteiger partial charge in [-0.3, -0.25) is 4.79 Å². The van der Waals surface area contributed by atoms with Crippen LogP contribution in [0.25, 0.3) is 0 Å². The van der Waals surface area contributed by atoms with E-state index >= 15 is 0 Å². The van der Waals surface area contributed by atoms with E-state index in [0.29, 0.717) is 24.6 Å². The van der Waals surface area contributed by atoms with Crippen LogP contribution in [0.3, 0.4) is 0 Å². The highest BCUT2D eigenvalue weighted by Crippen LogP contribution is 2.26. The molecule has 6 nitrogen and oxygen atoms in total. The first-order valence-electron chi connectivity index (χ1n) is 8.65. The van der Waals surface area contributed by atoms with Gasteiger partial charge in [-0.2, -0.15) is 13.2 Å². The van der Waals surface area contributed by atoms with E-state index in [-0.39, 0.29) is 17.5 Å². The lowest BCUT2D eigenvalue weighted by Gasteiger charge is -2.32. The van der Waals surface area contributed by atoms with Crippen molar-refractivity contribution in [2.45, 2.75) is 19.0 Å². The van der Waals surface area contributed by atoms with E-state index in [1.807, 2.05) is 4.90 Å². The summed E-state index contributed by atoms with van der Waals surface area (Å²) in [5.41, 5.74) is 0.571. The van der Waals surface area contributed by atoms with E-state index in [1.165, 1.54) is 6.07 Å². The molecular weight excluding hydrogens is 359 g/mol. The summed E-state index contributed by atoms with van der Waals surface area (Å²) in [7, 11) is 0. The molecule has 0 saturated carbocycles. The van der Waals surface area contributed by atoms with Crippen molar-refractivity contribution in [1.29, 1.82) is 0 Å². The molecule has 1 amide bonds. The lowest BCUT2D eigenvalue weighted by molar-refractivity contribution is -0.120. The summed E-state index contributed by atoms with van der Waals surface area (Å²) in [4.78, 5) is 23.0. The highest BCUT2D eigenvalue weighted by Gasteiger charge is 2.29. The number of hydrogen-bond donors (Lipinski definition) is 2. The van der Waals surface area contributed by atoms with E-state index in [1.54, 1.807) is 36.7 Å². The zero-order valence-electron chi connectivity index (χ0n) is 14.5. The van der Waals surface area contributed by atoms with E-state index < -0.39 is 12.7 Å². The van der Waals surface area contributed by atoms with Gasteiger partial charge in [0.25, 0.3) is 0 Å². The van der Waals surface area contributed by atoms with Gasteiger partial charge in [-0.05, 0) is 31.0 Å². The number of nitrogens with zero attached hydrogens (tertiary/aromatic N) is 3. The third kappa shape index (κ3) is 5.32. The lowest BCUT2D eigenvalue weighted by Crippen LogP contribution is -2.41. The molecule has 1 fully saturated rings. The van der Waals surface area contributed by atoms with Crippen molar-refractivity contribution >= 4 is 23.2 Å². The molecule has 27 heavy (non-hydrogen) atoms. The molecule has 0 radical (unpaired) electrons. The summed E-state index contributed by atoms with van der Waals surface area (Å²) < 4.78 is 37.4. The highest BCUT2D eigenvalue weighted by molar-refractivity contribution is 5.96. The van der Waals surface area contributed by atoms with Gasteiger partial charge in [0.05, 0.1) is 17.3 Å². The Kier molecular flexibility index (Phi) is 5.78. The second-order valence-electron chi connectivity index (χ2n) is 6.34. The Labute approximate surface area is 154 Å². The number of halogens is 3. The Balaban J connectivity index is 1.65. The molecule has 1 saturated heterocycles. The van der Waals surface area contributed by atoms with Crippen LogP contribution in [0.1, 0.15) is 12.8 Å². The molecule has 1 aromatic heterocycles. The summed E-state index contributed by atoms with van der Waals surface area (Å²) in [6.45, 7) is 0.0634. The Bertz CT molecular complexity index is 769. The molecule has 0 spiro atoms. The molecule has 1 atom stereocenters. The number of anilines is 3. The second kappa shape index (κ2) is 8.24. The smallest absolute Gasteiger partial charge is 0.375 e. The van der Waals surface area contributed by atoms with Crippen LogP contribution in [-0.4, -0.2) is 41.7 Å². The van der Waals surface area contributed by atoms with Gasteiger partial charge in [-0.1, -0.05) is 12.1 Å². The maximum absolute atomic E-state index is 12.7. The first-order valence-corrected chi connectivity index (χ1v) is 8.65. The fraction of sp³-hybridized carbons (Fsp3) is 0.389. The predicted octanol–water partition coefficient (Wildman–Crippen LogP) is 3.31. The normalized spacial score (nSPS) is 17.4. The molecular formula is C18H20F3N5O. The molecule has 1 aromatic carbocycles. The maximum atomic E-state index is 12.7. The molecule has 9 heteroatoms. The summed E-state index contributed by atoms with van der Waals surface area (Å²) in [6, 6.07) is 8.09. The Morgan fingerprint density at radius 2 is 1.85 bits per heavy atom. The number of amides is 1. The van der Waals surface area contributed by atoms with Crippen LogP contribution < -0.4 is 15.5 Å². The molecule has 0 unspecified atom stereocenters. The van der Waals surface area contributed by atoms with Crippen LogP contribution >= 0.6 is 0 Å². The molecule has 2 heterocycles. The van der Waals surface area contributed by atoms with Gasteiger partial charge in [-0.25, -0.2) is 9.97 Å². The highest BCUT2D eigenvalue weighted by atomic mass is 19.4. The van der Waals surface area contributed by atoms with Gasteiger partial charge in [0.1, 0.15) is 6.54 Å². The summed E-state index contributed by atoms with van der Waals surface area (Å²) in [5, 5.41) is 5.08. The van der Waals surface area contributed by atoms with E-state index in [2.05, 4.69) is 20.6 Å². The number of aromatic nitrogens is 2. The fourth-order valence-corrected chi connectivity index (χ4v) is 3.00. The van der Waals surface area contributed by atoms with Gasteiger partial charge in [0.2, 0.25) is 11.9 Å². The number of carbonyl (C=O) groups excluding carboxylic acids is 1. The lowest BCUT2D eigenvalue weighted by atomic mass is 9.97. The minimum Gasteiger partial charge on any atom is -0.375 e. The number of piperidine rings is 1. The van der Waals surface area contributed by atoms with Crippen molar-refractivity contribution in [1.82, 2.24) is 9.97 Å². The van der Waals surface area contributed by atoms with Crippen molar-refractivity contribution in [2.75, 3.05) is 35.2 Å². The number of rotatable bonds is 5. The minimum absolute atomic E-state index is 0.225. The van der Waals surface area contributed by atoms with Crippen molar-refractivity contribution in [3.05, 3.63) is 42.7 Å². The van der Waals surface area contributed by atoms with Crippen LogP contribution in [-0.2, 0) is 4.79 Å². The summed E-state index contributed by atoms with van der Waals surface area (Å²) in [6.07, 6.45) is 0.470. The van der Waals surface area contributed by atoms with E-state index in [4.69, 9.17) is 0 Å². The molecule has 0 aliphatic carbocycles. The topological polar surface area (TPSA) is 70.2 Å². The van der Waals surface area contributed by atoms with Crippen LogP contribution in [0.2, 0.25) is 0 Å². The van der Waals surface area contributed by atoms with E-state index in [0.717, 1.165) is 13.0 Å². The molecule has 1 aliphatic rings. The molecule has 1 aliphatic heterocycles. The van der Waals surface area contributed by atoms with Crippen LogP contribution in [0.4, 0.5) is 30.5 Å². The standard InChI is InChI=1S/C18H20F3N5O/c19-18(20,21)12-24-14-6-1-2-7-15(14)25-16(27)13-5-3-10-26(11-13)17-22-8-4-9-23-17/h1-2,4,6-9,13,24H,3,5,10-12H2,(H,25,27)/t13-/m0/s1. The van der Waals surface area contributed by atoms with Gasteiger partial charge < -0.3 is 15.5 Å². The largest absolute Gasteiger partial charge is 0.405 e. The summed E-state index contributed by atoms with van der Waals surface area (Å²) >= 11 is 0. The molecule has 0 bridgehead atoms. The Hall–Kier alpha value is -2.84. The fourth-order valence-electron chi connectivity index (χ4n) is 3.00. The van der Waals surface area contributed by atoms with Crippen LogP contribution in [0.5, 0.6) is 0 Å². The van der Waals surface area contributed by atoms with Gasteiger partial charge in [0, 0.05) is 25.5 Å². The number of hydrogen-bond acceptors (Lipinski definition) is 5. The first kappa shape index (κ1) is 18.9. The monoisotopic (exact) mass is 379 g/mol. The van der Waals surface area contributed by atoms with Crippen molar-refractivity contribution in [3.63, 3.8) is 0 Å². The molecule has 144 valence electrons. The number of alkyl halides is 3. The van der Waals surface area contributed by atoms with Crippen LogP contribution in [0.15, 0.2) is 42.7 Å². The van der Waals surface area contributed by atoms with Crippen molar-refractivity contribution in [2.24, 2.45) is 5.92 Å². The molecule has 3 rings (SSSR count). The first-order chi connectivity index (χ1) is 12.9. The minimum atomic E-state index is -4.34. The molecule has 2 N–H and O–H groups in total. The average molecular weight is 379 g/mol. The van der Waals surface area contributed by atoms with Gasteiger partial charge in [-0.15, -0.1) is 0 Å². The number of carbonyl (C=O) groups is 1. The second-order valence-corrected chi connectivity index (χ2v) is 6.34. The average Bonchev–Trinajstić information content (AvgIpc) is 2.67. The summed E-state index contributed by atoms with van der Waals surface area (Å²) in [5.74, 6) is 0.0531. The SMILES string of the molecule is O=C(Nc1ccccc1NCC(F)(F)F)[C@H]1CCCN(c2ncccn2)C1. The number of para-hydroxylation sites is 2. The maximum Gasteiger partial charge on any atom is 0.405 e. The van der Waals surface area contributed by atoms with Crippen molar-refractivity contribution < 1.29 is 18.0 Å². The van der Waals surface area contributed by atoms with Crippen LogP contribution in [0, 0.1) is 5.92 Å². The predicted molar refractivity (Wildman–Crippen MR) is 96.6 cm³/mol. The van der Waals surface area contributed by atoms with E-state index in [9.17, 15) is 18.0 Å². The van der Waals surface area contributed by atoms with Gasteiger partial charge in [0.15, 0.2) is 0 Å². The third-order valence-electron chi connectivity index (χ3n) is 4.29. The Morgan fingerprint density at radius 1 is 1.15 bits per heavy atom. The quantitative estimate of drug-likeness (QED) is 0.834. The zero-order chi connectivity index (χ0) is 19.3. The number of nitrogens with one attached hydrogen (secondary N) is 2. The van der Waals surface area contributed by atoms with Crippen molar-refractivity contribution in [3.8, 4) is 0 Å². The third-order valence-corrected chi connectivity index (χ3v) is 4.29. The molecule has 2 aromatic rings. The number of benzene rings is 1. The van der Waals surface area contributed by atoms with Gasteiger partial charge >= 0.3 is 6.18 Å². The Morgan fingerprint density at radius 3 is 2.56 bits per heavy atom. The zero-order valence-corrected chi connectivity index (χ0v) is 14.5.